The number of aliphatic hydroxyl groups is 1. The number of hydrogen-bond donors (Lipinski definition) is 1. The topological polar surface area (TPSA) is 135 Å². The fourth-order valence-electron chi connectivity index (χ4n) is 6.23. The smallest absolute Gasteiger partial charge is 0.411 e. The quantitative estimate of drug-likeness (QED) is 0.236. The fraction of sp³-hybridized carbons (Fsp3) is 0.488. The fourth-order valence-corrected chi connectivity index (χ4v) is 7.35. The molecule has 3 aliphatic heterocycles. The van der Waals surface area contributed by atoms with Crippen LogP contribution < -0.4 is 0 Å². The molecule has 2 atom stereocenters. The number of amides is 3. The number of β-amino-alcohol motifs (C(OH)–C–C–N with tert-alkyl or cyclic N) is 1. The van der Waals surface area contributed by atoms with Gasteiger partial charge in [-0.2, -0.15) is 0 Å². The van der Waals surface area contributed by atoms with E-state index in [9.17, 15) is 24.3 Å². The predicted octanol–water partition coefficient (Wildman–Crippen LogP) is 10.5. The molecule has 0 bridgehead atoms. The summed E-state index contributed by atoms with van der Waals surface area (Å²) >= 11 is 10.2. The summed E-state index contributed by atoms with van der Waals surface area (Å²) in [6, 6.07) is 17.3. The summed E-state index contributed by atoms with van der Waals surface area (Å²) in [5.74, 6) is -0.0617. The molecule has 58 heavy (non-hydrogen) atoms. The van der Waals surface area contributed by atoms with Crippen LogP contribution in [0.2, 0.25) is 0 Å². The number of carbonyl (C=O) groups is 4. The highest BCUT2D eigenvalue weighted by Gasteiger charge is 2.33. The van der Waals surface area contributed by atoms with Gasteiger partial charge in [0.05, 0.1) is 32.3 Å². The maximum atomic E-state index is 12.2. The van der Waals surface area contributed by atoms with Crippen molar-refractivity contribution in [1.29, 1.82) is 0 Å². The third kappa shape index (κ3) is 13.8. The average Bonchev–Trinajstić information content (AvgIpc) is 3.10. The Balaban J connectivity index is 0.000000193. The molecule has 1 N–H and O–H groups in total. The van der Waals surface area contributed by atoms with Crippen LogP contribution in [0.1, 0.15) is 113 Å². The molecule has 0 aliphatic carbocycles. The predicted molar refractivity (Wildman–Crippen MR) is 231 cm³/mol. The molecule has 0 saturated carbocycles. The number of carbonyl (C=O) groups excluding carboxylic acids is 4. The molecule has 3 aliphatic rings. The van der Waals surface area contributed by atoms with Gasteiger partial charge >= 0.3 is 18.3 Å². The van der Waals surface area contributed by atoms with Crippen molar-refractivity contribution >= 4 is 71.9 Å². The van der Waals surface area contributed by atoms with Crippen LogP contribution >= 0.6 is 47.8 Å². The molecule has 0 radical (unpaired) electrons. The van der Waals surface area contributed by atoms with Gasteiger partial charge in [-0.15, -0.1) is 0 Å². The van der Waals surface area contributed by atoms with Gasteiger partial charge in [0.25, 0.3) is 0 Å². The summed E-state index contributed by atoms with van der Waals surface area (Å²) in [5, 5.41) is 10.1. The van der Waals surface area contributed by atoms with Gasteiger partial charge < -0.3 is 33.9 Å². The third-order valence-corrected chi connectivity index (χ3v) is 10.2. The highest BCUT2D eigenvalue weighted by atomic mass is 79.9. The van der Waals surface area contributed by atoms with Crippen molar-refractivity contribution in [3.8, 4) is 0 Å². The molecule has 3 heterocycles. The second kappa shape index (κ2) is 19.3. The first-order chi connectivity index (χ1) is 26.8. The van der Waals surface area contributed by atoms with Crippen molar-refractivity contribution in [2.75, 3.05) is 26.7 Å². The second-order valence-corrected chi connectivity index (χ2v) is 20.0. The van der Waals surface area contributed by atoms with Crippen LogP contribution in [0.3, 0.4) is 0 Å². The number of aliphatic hydroxyl groups excluding tert-OH is 1. The Morgan fingerprint density at radius 2 is 0.983 bits per heavy atom. The molecule has 12 nitrogen and oxygen atoms in total. The second-order valence-electron chi connectivity index (χ2n) is 17.2. The van der Waals surface area contributed by atoms with Crippen molar-refractivity contribution in [3.05, 3.63) is 101 Å². The van der Waals surface area contributed by atoms with E-state index in [2.05, 4.69) is 53.9 Å². The number of halogens is 3. The van der Waals surface area contributed by atoms with E-state index in [-0.39, 0.29) is 37.2 Å². The number of rotatable bonds is 1. The molecular formula is C43H54Br3N3O9. The van der Waals surface area contributed by atoms with Crippen LogP contribution in [0.4, 0.5) is 14.4 Å². The number of nitrogens with zero attached hydrogens (tertiary/aromatic N) is 3. The number of fused-ring (bicyclic) bond motifs is 3. The van der Waals surface area contributed by atoms with E-state index in [1.165, 1.54) is 9.80 Å². The summed E-state index contributed by atoms with van der Waals surface area (Å²) in [7, 11) is 1.66. The van der Waals surface area contributed by atoms with Crippen LogP contribution in [0.25, 0.3) is 0 Å². The minimum Gasteiger partial charge on any atom is -0.444 e. The molecule has 6 rings (SSSR count). The Hall–Kier alpha value is -3.50. The lowest BCUT2D eigenvalue weighted by atomic mass is 9.97. The first-order valence-corrected chi connectivity index (χ1v) is 21.2. The Bertz CT molecular complexity index is 1990. The zero-order chi connectivity index (χ0) is 43.3. The van der Waals surface area contributed by atoms with Gasteiger partial charge in [-0.1, -0.05) is 66.0 Å². The van der Waals surface area contributed by atoms with E-state index in [0.717, 1.165) is 41.2 Å². The third-order valence-electron chi connectivity index (χ3n) is 8.73. The van der Waals surface area contributed by atoms with E-state index in [1.807, 2.05) is 105 Å². The van der Waals surface area contributed by atoms with Crippen LogP contribution in [-0.2, 0) is 38.6 Å². The largest absolute Gasteiger partial charge is 0.444 e. The normalized spacial score (nSPS) is 17.6. The van der Waals surface area contributed by atoms with Crippen molar-refractivity contribution in [2.24, 2.45) is 0 Å². The maximum absolute atomic E-state index is 12.2. The summed E-state index contributed by atoms with van der Waals surface area (Å²) in [6.45, 7) is 18.8. The number of benzene rings is 3. The molecule has 15 heteroatoms. The summed E-state index contributed by atoms with van der Waals surface area (Å²) in [6.07, 6.45) is -1.93. The minimum absolute atomic E-state index is 0.0617. The van der Waals surface area contributed by atoms with Gasteiger partial charge in [-0.05, 0) is 127 Å². The summed E-state index contributed by atoms with van der Waals surface area (Å²) in [4.78, 5) is 52.9. The van der Waals surface area contributed by atoms with Gasteiger partial charge in [0, 0.05) is 39.2 Å². The zero-order valence-corrected chi connectivity index (χ0v) is 39.5. The molecule has 0 spiro atoms. The van der Waals surface area contributed by atoms with E-state index in [1.54, 1.807) is 18.1 Å². The lowest BCUT2D eigenvalue weighted by molar-refractivity contribution is 0.0000630. The van der Waals surface area contributed by atoms with Crippen molar-refractivity contribution in [3.63, 3.8) is 0 Å². The van der Waals surface area contributed by atoms with Gasteiger partial charge in [0.15, 0.2) is 5.78 Å². The Labute approximate surface area is 366 Å². The summed E-state index contributed by atoms with van der Waals surface area (Å²) in [5.41, 5.74) is 4.00. The first-order valence-electron chi connectivity index (χ1n) is 18.9. The summed E-state index contributed by atoms with van der Waals surface area (Å²) < 4.78 is 24.4. The number of methoxy groups -OCH3 is 1. The molecular weight excluding hydrogens is 942 g/mol. The maximum Gasteiger partial charge on any atom is 0.411 e. The highest BCUT2D eigenvalue weighted by Crippen LogP contribution is 2.33. The van der Waals surface area contributed by atoms with E-state index in [0.29, 0.717) is 31.7 Å². The molecule has 3 aromatic rings. The van der Waals surface area contributed by atoms with Crippen LogP contribution in [0.15, 0.2) is 68.0 Å². The van der Waals surface area contributed by atoms with E-state index < -0.39 is 29.0 Å². The molecule has 2 unspecified atom stereocenters. The Kier molecular flexibility index (Phi) is 15.7. The van der Waals surface area contributed by atoms with Gasteiger partial charge in [-0.25, -0.2) is 14.4 Å². The Morgan fingerprint density at radius 3 is 1.47 bits per heavy atom. The van der Waals surface area contributed by atoms with Crippen molar-refractivity contribution in [1.82, 2.24) is 14.7 Å². The molecule has 0 aromatic heterocycles. The molecule has 316 valence electrons. The highest BCUT2D eigenvalue weighted by molar-refractivity contribution is 9.11. The van der Waals surface area contributed by atoms with E-state index >= 15 is 0 Å². The van der Waals surface area contributed by atoms with Gasteiger partial charge in [-0.3, -0.25) is 9.69 Å². The van der Waals surface area contributed by atoms with Crippen LogP contribution in [-0.4, -0.2) is 87.4 Å². The standard InChI is InChI=1S/C15H20BrNO3.C14H18BrNO3.C14H16BrNO3/c1-15(2,3)20-14(18)17-8-10-5-6-11(16)7-12(10)13(9-17)19-4;2*1-14(2,3)19-13(18)16-7-9-4-5-10(15)6-11(9)12(17)8-16/h5-7,13H,8-9H2,1-4H3;4-6,12,17H,7-8H2,1-3H3;4-6H,7-8H2,1-3H3. The SMILES string of the molecule is CC(C)(C)OC(=O)N1CC(=O)c2cc(Br)ccc2C1.CC(C)(C)OC(=O)N1Cc2ccc(Br)cc2C(O)C1.COC1CN(C(=O)OC(C)(C)C)Cc2ccc(Br)cc21. The monoisotopic (exact) mass is 993 g/mol. The number of ether oxygens (including phenoxy) is 4. The first kappa shape index (κ1) is 47.2. The van der Waals surface area contributed by atoms with Gasteiger partial charge in [0.1, 0.15) is 22.9 Å². The van der Waals surface area contributed by atoms with Gasteiger partial charge in [0.2, 0.25) is 0 Å². The van der Waals surface area contributed by atoms with Crippen LogP contribution in [0, 0.1) is 0 Å². The molecule has 0 fully saturated rings. The van der Waals surface area contributed by atoms with E-state index in [4.69, 9.17) is 18.9 Å². The molecule has 3 aromatic carbocycles. The average molecular weight is 997 g/mol. The lowest BCUT2D eigenvalue weighted by Crippen LogP contribution is -2.42. The molecule has 3 amide bonds. The minimum atomic E-state index is -0.672. The lowest BCUT2D eigenvalue weighted by Gasteiger charge is -2.35. The number of Topliss-reactive ketones (excluding diaryl/α,β-unsaturated/α-hetero) is 1. The number of hydrogen-bond acceptors (Lipinski definition) is 9. The van der Waals surface area contributed by atoms with Crippen LogP contribution in [0.5, 0.6) is 0 Å². The Morgan fingerprint density at radius 1 is 0.586 bits per heavy atom. The zero-order valence-electron chi connectivity index (χ0n) is 34.8. The molecule has 0 saturated heterocycles. The van der Waals surface area contributed by atoms with Crippen molar-refractivity contribution < 1.29 is 43.2 Å². The number of ketones is 1. The van der Waals surface area contributed by atoms with Crippen molar-refractivity contribution in [2.45, 2.75) is 111 Å².